The van der Waals surface area contributed by atoms with Gasteiger partial charge in [-0.25, -0.2) is 8.78 Å². The van der Waals surface area contributed by atoms with Gasteiger partial charge in [0, 0.05) is 23.4 Å². The topological polar surface area (TPSA) is 62.6 Å². The van der Waals surface area contributed by atoms with Crippen molar-refractivity contribution in [3.05, 3.63) is 83.7 Å². The number of halogens is 7. The molecule has 0 aliphatic rings. The van der Waals surface area contributed by atoms with Gasteiger partial charge in [0.2, 0.25) is 0 Å². The van der Waals surface area contributed by atoms with Crippen molar-refractivity contribution < 1.29 is 45.7 Å². The lowest BCUT2D eigenvalue weighted by molar-refractivity contribution is -0.216. The van der Waals surface area contributed by atoms with E-state index >= 15 is 8.78 Å². The molecule has 0 amide bonds. The van der Waals surface area contributed by atoms with Gasteiger partial charge < -0.3 is 14.9 Å². The number of hydrogen-bond acceptors (Lipinski definition) is 4. The molecule has 0 spiro atoms. The first-order chi connectivity index (χ1) is 15.4. The molecule has 0 unspecified atom stereocenters. The van der Waals surface area contributed by atoms with Crippen LogP contribution in [0.2, 0.25) is 0 Å². The first-order valence-corrected chi connectivity index (χ1v) is 9.30. The number of benzene rings is 2. The molecule has 176 valence electrons. The zero-order chi connectivity index (χ0) is 24.4. The average molecular weight is 475 g/mol. The lowest BCUT2D eigenvalue weighted by Gasteiger charge is -2.34. The standard InChI is InChI=1S/C22H16F7NO3/c23-15-4-7-17(18(24)9-15)20(32,11-31)22(28,29)19-8-3-14(10-30-19)13-1-5-16(6-2-13)33-12-21(25,26)27/h1-10,31-32H,11-12H2/t20-/m0/s1. The van der Waals surface area contributed by atoms with Crippen molar-refractivity contribution in [2.75, 3.05) is 13.2 Å². The molecule has 2 N–H and O–H groups in total. The Morgan fingerprint density at radius 3 is 2.00 bits per heavy atom. The Morgan fingerprint density at radius 2 is 1.48 bits per heavy atom. The van der Waals surface area contributed by atoms with Crippen molar-refractivity contribution in [1.82, 2.24) is 4.98 Å². The first kappa shape index (κ1) is 24.5. The molecule has 4 nitrogen and oxygen atoms in total. The third-order valence-electron chi connectivity index (χ3n) is 4.80. The van der Waals surface area contributed by atoms with Crippen LogP contribution in [-0.2, 0) is 11.5 Å². The molecule has 1 heterocycles. The SMILES string of the molecule is OC[C@](O)(c1ccc(F)cc1F)C(F)(F)c1ccc(-c2ccc(OCC(F)(F)F)cc2)cn1. The number of aliphatic hydroxyl groups is 2. The molecule has 0 aliphatic heterocycles. The van der Waals surface area contributed by atoms with E-state index in [1.807, 2.05) is 0 Å². The summed E-state index contributed by atoms with van der Waals surface area (Å²) in [5.41, 5.74) is -4.74. The van der Waals surface area contributed by atoms with Gasteiger partial charge in [-0.15, -0.1) is 0 Å². The molecule has 3 rings (SSSR count). The molecule has 2 aromatic carbocycles. The van der Waals surface area contributed by atoms with Crippen molar-refractivity contribution in [2.24, 2.45) is 0 Å². The Kier molecular flexibility index (Phi) is 6.66. The summed E-state index contributed by atoms with van der Waals surface area (Å²) in [6, 6.07) is 8.88. The van der Waals surface area contributed by atoms with Crippen molar-refractivity contribution in [2.45, 2.75) is 17.7 Å². The van der Waals surface area contributed by atoms with E-state index in [1.54, 1.807) is 0 Å². The van der Waals surface area contributed by atoms with Gasteiger partial charge in [0.25, 0.3) is 0 Å². The molecule has 3 aromatic rings. The van der Waals surface area contributed by atoms with E-state index in [1.165, 1.54) is 30.3 Å². The number of hydrogen-bond donors (Lipinski definition) is 2. The van der Waals surface area contributed by atoms with E-state index in [0.29, 0.717) is 29.3 Å². The Labute approximate surface area is 182 Å². The maximum absolute atomic E-state index is 15.1. The summed E-state index contributed by atoms with van der Waals surface area (Å²) in [7, 11) is 0. The van der Waals surface area contributed by atoms with Gasteiger partial charge in [0.15, 0.2) is 12.2 Å². The van der Waals surface area contributed by atoms with Gasteiger partial charge in [-0.1, -0.05) is 18.2 Å². The molecule has 0 saturated heterocycles. The quantitative estimate of drug-likeness (QED) is 0.476. The van der Waals surface area contributed by atoms with Crippen LogP contribution < -0.4 is 4.74 Å². The van der Waals surface area contributed by atoms with Crippen LogP contribution in [0.15, 0.2) is 60.8 Å². The fourth-order valence-corrected chi connectivity index (χ4v) is 3.05. The molecule has 0 radical (unpaired) electrons. The van der Waals surface area contributed by atoms with Crippen LogP contribution in [0.3, 0.4) is 0 Å². The zero-order valence-corrected chi connectivity index (χ0v) is 16.6. The van der Waals surface area contributed by atoms with Crippen molar-refractivity contribution in [3.8, 4) is 16.9 Å². The second-order valence-electron chi connectivity index (χ2n) is 7.08. The van der Waals surface area contributed by atoms with Crippen molar-refractivity contribution >= 4 is 0 Å². The smallest absolute Gasteiger partial charge is 0.422 e. The van der Waals surface area contributed by atoms with Crippen LogP contribution in [-0.4, -0.2) is 34.6 Å². The number of pyridine rings is 1. The predicted octanol–water partition coefficient (Wildman–Crippen LogP) is 4.94. The van der Waals surface area contributed by atoms with Gasteiger partial charge in [-0.05, 0) is 35.9 Å². The fraction of sp³-hybridized carbons (Fsp3) is 0.227. The van der Waals surface area contributed by atoms with Crippen LogP contribution in [0.5, 0.6) is 5.75 Å². The van der Waals surface area contributed by atoms with Crippen LogP contribution >= 0.6 is 0 Å². The number of ether oxygens (including phenoxy) is 1. The van der Waals surface area contributed by atoms with Crippen molar-refractivity contribution in [1.29, 1.82) is 0 Å². The fourth-order valence-electron chi connectivity index (χ4n) is 3.05. The van der Waals surface area contributed by atoms with Gasteiger partial charge in [-0.3, -0.25) is 4.98 Å². The highest BCUT2D eigenvalue weighted by Crippen LogP contribution is 2.45. The number of rotatable bonds is 7. The van der Waals surface area contributed by atoms with E-state index in [2.05, 4.69) is 9.72 Å². The molecule has 0 aliphatic carbocycles. The highest BCUT2D eigenvalue weighted by atomic mass is 19.4. The normalized spacial score (nSPS) is 14.1. The monoisotopic (exact) mass is 475 g/mol. The van der Waals surface area contributed by atoms with Crippen LogP contribution in [0.4, 0.5) is 30.7 Å². The Bertz CT molecular complexity index is 1100. The summed E-state index contributed by atoms with van der Waals surface area (Å²) in [6.07, 6.45) is -3.50. The summed E-state index contributed by atoms with van der Waals surface area (Å²) < 4.78 is 98.6. The van der Waals surface area contributed by atoms with Crippen LogP contribution in [0, 0.1) is 11.6 Å². The zero-order valence-electron chi connectivity index (χ0n) is 16.6. The first-order valence-electron chi connectivity index (χ1n) is 9.30. The minimum absolute atomic E-state index is 0.0541. The molecule has 1 aromatic heterocycles. The summed E-state index contributed by atoms with van der Waals surface area (Å²) in [6.45, 7) is -3.06. The molecular formula is C22H16F7NO3. The lowest BCUT2D eigenvalue weighted by atomic mass is 9.85. The van der Waals surface area contributed by atoms with E-state index < -0.39 is 53.8 Å². The summed E-state index contributed by atoms with van der Waals surface area (Å²) in [4.78, 5) is 3.61. The summed E-state index contributed by atoms with van der Waals surface area (Å²) >= 11 is 0. The minimum Gasteiger partial charge on any atom is -0.484 e. The highest BCUT2D eigenvalue weighted by Gasteiger charge is 2.57. The lowest BCUT2D eigenvalue weighted by Crippen LogP contribution is -2.47. The van der Waals surface area contributed by atoms with E-state index in [-0.39, 0.29) is 5.75 Å². The maximum Gasteiger partial charge on any atom is 0.422 e. The third kappa shape index (κ3) is 5.09. The number of nitrogens with zero attached hydrogens (tertiary/aromatic N) is 1. The Hall–Kier alpha value is -3.18. The summed E-state index contributed by atoms with van der Waals surface area (Å²) in [5.74, 6) is -6.87. The Balaban J connectivity index is 1.86. The number of alkyl halides is 5. The van der Waals surface area contributed by atoms with Gasteiger partial charge in [-0.2, -0.15) is 22.0 Å². The molecule has 1 atom stereocenters. The van der Waals surface area contributed by atoms with E-state index in [4.69, 9.17) is 0 Å². The molecule has 0 fully saturated rings. The second-order valence-corrected chi connectivity index (χ2v) is 7.08. The number of aliphatic hydroxyl groups excluding tert-OH is 1. The molecular weight excluding hydrogens is 459 g/mol. The van der Waals surface area contributed by atoms with Gasteiger partial charge >= 0.3 is 12.1 Å². The molecule has 33 heavy (non-hydrogen) atoms. The largest absolute Gasteiger partial charge is 0.484 e. The summed E-state index contributed by atoms with van der Waals surface area (Å²) in [5, 5.41) is 20.0. The highest BCUT2D eigenvalue weighted by molar-refractivity contribution is 5.63. The van der Waals surface area contributed by atoms with Gasteiger partial charge in [0.05, 0.1) is 6.61 Å². The van der Waals surface area contributed by atoms with E-state index in [0.717, 1.165) is 12.3 Å². The second kappa shape index (κ2) is 8.99. The van der Waals surface area contributed by atoms with Gasteiger partial charge in [0.1, 0.15) is 23.1 Å². The molecule has 0 saturated carbocycles. The van der Waals surface area contributed by atoms with Crippen molar-refractivity contribution in [3.63, 3.8) is 0 Å². The molecule has 0 bridgehead atoms. The third-order valence-corrected chi connectivity index (χ3v) is 4.80. The van der Waals surface area contributed by atoms with Crippen LogP contribution in [0.25, 0.3) is 11.1 Å². The maximum atomic E-state index is 15.1. The van der Waals surface area contributed by atoms with Crippen LogP contribution in [0.1, 0.15) is 11.3 Å². The predicted molar refractivity (Wildman–Crippen MR) is 102 cm³/mol. The Morgan fingerprint density at radius 1 is 0.848 bits per heavy atom. The number of aromatic nitrogens is 1. The van der Waals surface area contributed by atoms with E-state index in [9.17, 15) is 32.2 Å². The minimum atomic E-state index is -4.50. The average Bonchev–Trinajstić information content (AvgIpc) is 2.77. The molecule has 11 heteroatoms.